The van der Waals surface area contributed by atoms with Crippen LogP contribution in [0.25, 0.3) is 6.08 Å². The zero-order valence-electron chi connectivity index (χ0n) is 15.7. The number of carbonyl (C=O) groups excluding carboxylic acids is 2. The fourth-order valence-electron chi connectivity index (χ4n) is 2.65. The number of ether oxygens (including phenoxy) is 1. The SMILES string of the molecule is COc1ccc(Br)cc1C=CC(=O)Nc1cccc(NC(=O)c2ccccc2)c1. The molecule has 3 aromatic rings. The van der Waals surface area contributed by atoms with Crippen LogP contribution in [0.15, 0.2) is 83.3 Å². The topological polar surface area (TPSA) is 67.4 Å². The van der Waals surface area contributed by atoms with E-state index >= 15 is 0 Å². The van der Waals surface area contributed by atoms with E-state index in [0.717, 1.165) is 10.0 Å². The molecule has 3 rings (SSSR count). The van der Waals surface area contributed by atoms with Gasteiger partial charge >= 0.3 is 0 Å². The van der Waals surface area contributed by atoms with Crippen molar-refractivity contribution in [1.29, 1.82) is 0 Å². The molecule has 2 amide bonds. The summed E-state index contributed by atoms with van der Waals surface area (Å²) in [5.41, 5.74) is 2.51. The summed E-state index contributed by atoms with van der Waals surface area (Å²) in [7, 11) is 1.58. The molecule has 146 valence electrons. The summed E-state index contributed by atoms with van der Waals surface area (Å²) >= 11 is 3.41. The molecule has 5 nitrogen and oxygen atoms in total. The summed E-state index contributed by atoms with van der Waals surface area (Å²) < 4.78 is 6.19. The zero-order chi connectivity index (χ0) is 20.6. The number of halogens is 1. The maximum atomic E-state index is 12.3. The van der Waals surface area contributed by atoms with Gasteiger partial charge in [-0.15, -0.1) is 0 Å². The quantitative estimate of drug-likeness (QED) is 0.496. The molecule has 0 heterocycles. The Hall–Kier alpha value is -3.38. The van der Waals surface area contributed by atoms with Crippen LogP contribution in [0.4, 0.5) is 11.4 Å². The fraction of sp³-hybridized carbons (Fsp3) is 0.0435. The van der Waals surface area contributed by atoms with Gasteiger partial charge in [-0.2, -0.15) is 0 Å². The van der Waals surface area contributed by atoms with E-state index in [9.17, 15) is 9.59 Å². The molecule has 0 saturated heterocycles. The fourth-order valence-corrected chi connectivity index (χ4v) is 3.03. The molecule has 0 aromatic heterocycles. The van der Waals surface area contributed by atoms with Gasteiger partial charge in [-0.1, -0.05) is 40.2 Å². The number of hydrogen-bond donors (Lipinski definition) is 2. The van der Waals surface area contributed by atoms with Crippen molar-refractivity contribution in [3.05, 3.63) is 94.5 Å². The molecular formula is C23H19BrN2O3. The highest BCUT2D eigenvalue weighted by molar-refractivity contribution is 9.10. The van der Waals surface area contributed by atoms with Crippen LogP contribution in [0, 0.1) is 0 Å². The second-order valence-electron chi connectivity index (χ2n) is 6.11. The first-order valence-electron chi connectivity index (χ1n) is 8.84. The molecular weight excluding hydrogens is 432 g/mol. The van der Waals surface area contributed by atoms with Crippen LogP contribution in [0.2, 0.25) is 0 Å². The normalized spacial score (nSPS) is 10.6. The molecule has 0 atom stereocenters. The van der Waals surface area contributed by atoms with Crippen molar-refractivity contribution in [3.63, 3.8) is 0 Å². The van der Waals surface area contributed by atoms with E-state index in [2.05, 4.69) is 26.6 Å². The summed E-state index contributed by atoms with van der Waals surface area (Å²) in [6.07, 6.45) is 3.11. The molecule has 0 unspecified atom stereocenters. The van der Waals surface area contributed by atoms with Crippen LogP contribution < -0.4 is 15.4 Å². The summed E-state index contributed by atoms with van der Waals surface area (Å²) in [6, 6.07) is 21.5. The Morgan fingerprint density at radius 2 is 1.62 bits per heavy atom. The Bertz CT molecular complexity index is 1050. The molecule has 0 saturated carbocycles. The van der Waals surface area contributed by atoms with Crippen molar-refractivity contribution in [3.8, 4) is 5.75 Å². The molecule has 2 N–H and O–H groups in total. The van der Waals surface area contributed by atoms with Crippen molar-refractivity contribution < 1.29 is 14.3 Å². The third-order valence-corrected chi connectivity index (χ3v) is 4.52. The maximum absolute atomic E-state index is 12.3. The van der Waals surface area contributed by atoms with Crippen molar-refractivity contribution in [2.45, 2.75) is 0 Å². The third-order valence-electron chi connectivity index (χ3n) is 4.03. The number of rotatable bonds is 6. The van der Waals surface area contributed by atoms with Crippen molar-refractivity contribution >= 4 is 45.2 Å². The second kappa shape index (κ2) is 9.71. The van der Waals surface area contributed by atoms with Crippen molar-refractivity contribution in [2.75, 3.05) is 17.7 Å². The molecule has 0 aliphatic carbocycles. The minimum atomic E-state index is -0.293. The Kier molecular flexibility index (Phi) is 6.81. The number of nitrogens with one attached hydrogen (secondary N) is 2. The van der Waals surface area contributed by atoms with Gasteiger partial charge in [0.2, 0.25) is 5.91 Å². The second-order valence-corrected chi connectivity index (χ2v) is 7.03. The van der Waals surface area contributed by atoms with Gasteiger partial charge in [-0.3, -0.25) is 9.59 Å². The van der Waals surface area contributed by atoms with Crippen LogP contribution in [-0.4, -0.2) is 18.9 Å². The predicted molar refractivity (Wildman–Crippen MR) is 119 cm³/mol. The number of anilines is 2. The van der Waals surface area contributed by atoms with Crippen LogP contribution in [0.3, 0.4) is 0 Å². The largest absolute Gasteiger partial charge is 0.496 e. The lowest BCUT2D eigenvalue weighted by Crippen LogP contribution is -2.12. The van der Waals surface area contributed by atoms with Crippen LogP contribution in [0.1, 0.15) is 15.9 Å². The van der Waals surface area contributed by atoms with Gasteiger partial charge in [-0.25, -0.2) is 0 Å². The average molecular weight is 451 g/mol. The average Bonchev–Trinajstić information content (AvgIpc) is 2.73. The molecule has 0 radical (unpaired) electrons. The molecule has 0 spiro atoms. The number of benzene rings is 3. The molecule has 6 heteroatoms. The standard InChI is InChI=1S/C23H19BrN2O3/c1-29-21-12-11-18(24)14-17(21)10-13-22(27)25-19-8-5-9-20(15-19)26-23(28)16-6-3-2-4-7-16/h2-15H,1H3,(H,25,27)(H,26,28). The van der Waals surface area contributed by atoms with Gasteiger partial charge in [0.15, 0.2) is 0 Å². The Morgan fingerprint density at radius 1 is 0.897 bits per heavy atom. The van der Waals surface area contributed by atoms with E-state index in [0.29, 0.717) is 22.7 Å². The van der Waals surface area contributed by atoms with E-state index in [1.807, 2.05) is 24.3 Å². The molecule has 0 bridgehead atoms. The smallest absolute Gasteiger partial charge is 0.255 e. The summed E-state index contributed by atoms with van der Waals surface area (Å²) in [6.45, 7) is 0. The zero-order valence-corrected chi connectivity index (χ0v) is 17.3. The van der Waals surface area contributed by atoms with E-state index in [1.54, 1.807) is 61.7 Å². The van der Waals surface area contributed by atoms with Gasteiger partial charge < -0.3 is 15.4 Å². The van der Waals surface area contributed by atoms with E-state index in [1.165, 1.54) is 6.08 Å². The molecule has 3 aromatic carbocycles. The summed E-state index contributed by atoms with van der Waals surface area (Å²) in [5.74, 6) is 0.164. The number of carbonyl (C=O) groups is 2. The van der Waals surface area contributed by atoms with Gasteiger partial charge in [0.25, 0.3) is 5.91 Å². The van der Waals surface area contributed by atoms with Crippen LogP contribution in [0.5, 0.6) is 5.75 Å². The number of methoxy groups -OCH3 is 1. The number of hydrogen-bond acceptors (Lipinski definition) is 3. The van der Waals surface area contributed by atoms with Gasteiger partial charge in [0.1, 0.15) is 5.75 Å². The molecule has 29 heavy (non-hydrogen) atoms. The summed E-state index contributed by atoms with van der Waals surface area (Å²) in [5, 5.41) is 5.61. The lowest BCUT2D eigenvalue weighted by molar-refractivity contribution is -0.111. The first-order chi connectivity index (χ1) is 14.0. The van der Waals surface area contributed by atoms with Crippen molar-refractivity contribution in [1.82, 2.24) is 0 Å². The maximum Gasteiger partial charge on any atom is 0.255 e. The van der Waals surface area contributed by atoms with Gasteiger partial charge in [0.05, 0.1) is 7.11 Å². The highest BCUT2D eigenvalue weighted by Crippen LogP contribution is 2.24. The van der Waals surface area contributed by atoms with Crippen LogP contribution >= 0.6 is 15.9 Å². The van der Waals surface area contributed by atoms with Crippen molar-refractivity contribution in [2.24, 2.45) is 0 Å². The Morgan fingerprint density at radius 3 is 2.34 bits per heavy atom. The molecule has 0 aliphatic rings. The lowest BCUT2D eigenvalue weighted by Gasteiger charge is -2.08. The number of amides is 2. The first kappa shape index (κ1) is 20.4. The highest BCUT2D eigenvalue weighted by Gasteiger charge is 2.06. The Labute approximate surface area is 177 Å². The van der Waals surface area contributed by atoms with Gasteiger partial charge in [-0.05, 0) is 54.6 Å². The monoisotopic (exact) mass is 450 g/mol. The van der Waals surface area contributed by atoms with E-state index in [4.69, 9.17) is 4.74 Å². The first-order valence-corrected chi connectivity index (χ1v) is 9.63. The minimum absolute atomic E-state index is 0.212. The minimum Gasteiger partial charge on any atom is -0.496 e. The Balaban J connectivity index is 1.66. The summed E-state index contributed by atoms with van der Waals surface area (Å²) in [4.78, 5) is 24.6. The van der Waals surface area contributed by atoms with Crippen LogP contribution in [-0.2, 0) is 4.79 Å². The van der Waals surface area contributed by atoms with Gasteiger partial charge in [0, 0.05) is 33.1 Å². The molecule has 0 aliphatic heterocycles. The highest BCUT2D eigenvalue weighted by atomic mass is 79.9. The lowest BCUT2D eigenvalue weighted by atomic mass is 10.2. The van der Waals surface area contributed by atoms with E-state index < -0.39 is 0 Å². The molecule has 0 fully saturated rings. The van der Waals surface area contributed by atoms with E-state index in [-0.39, 0.29) is 11.8 Å². The predicted octanol–water partition coefficient (Wildman–Crippen LogP) is 5.36. The third kappa shape index (κ3) is 5.80.